The Morgan fingerprint density at radius 3 is 2.00 bits per heavy atom. The molecule has 0 saturated heterocycles. The first-order chi connectivity index (χ1) is 14.3. The summed E-state index contributed by atoms with van der Waals surface area (Å²) in [7, 11) is 0. The van der Waals surface area contributed by atoms with Crippen molar-refractivity contribution in [3.05, 3.63) is 59.7 Å². The van der Waals surface area contributed by atoms with Crippen LogP contribution in [0, 0.1) is 0 Å². The van der Waals surface area contributed by atoms with E-state index in [2.05, 4.69) is 55.2 Å². The molecule has 0 aliphatic rings. The quantitative estimate of drug-likeness (QED) is 0.220. The Bertz CT molecular complexity index is 673. The predicted octanol–water partition coefficient (Wildman–Crippen LogP) is 8.30. The predicted molar refractivity (Wildman–Crippen MR) is 127 cm³/mol. The van der Waals surface area contributed by atoms with Crippen molar-refractivity contribution in [2.75, 3.05) is 6.61 Å². The van der Waals surface area contributed by atoms with Crippen molar-refractivity contribution >= 4 is 11.9 Å². The molecule has 2 heteroatoms. The van der Waals surface area contributed by atoms with Crippen molar-refractivity contribution in [2.45, 2.75) is 84.5 Å². The van der Waals surface area contributed by atoms with Crippen LogP contribution in [0.5, 0.6) is 5.75 Å². The number of aliphatic imine (C=N–C) groups is 1. The summed E-state index contributed by atoms with van der Waals surface area (Å²) in [4.78, 5) is 4.61. The van der Waals surface area contributed by atoms with Gasteiger partial charge in [0.1, 0.15) is 5.75 Å². The van der Waals surface area contributed by atoms with Crippen LogP contribution >= 0.6 is 0 Å². The van der Waals surface area contributed by atoms with Gasteiger partial charge >= 0.3 is 0 Å². The number of nitrogens with zero attached hydrogens (tertiary/aromatic N) is 1. The molecule has 0 aliphatic carbocycles. The summed E-state index contributed by atoms with van der Waals surface area (Å²) in [5.41, 5.74) is 3.52. The van der Waals surface area contributed by atoms with Gasteiger partial charge in [-0.05, 0) is 66.8 Å². The number of hydrogen-bond donors (Lipinski definition) is 0. The molecule has 2 aromatic carbocycles. The Balaban J connectivity index is 1.70. The zero-order chi connectivity index (χ0) is 20.6. The molecule has 2 nitrogen and oxygen atoms in total. The van der Waals surface area contributed by atoms with Gasteiger partial charge in [-0.3, -0.25) is 4.99 Å². The molecule has 29 heavy (non-hydrogen) atoms. The lowest BCUT2D eigenvalue weighted by atomic mass is 10.0. The number of rotatable bonds is 15. The van der Waals surface area contributed by atoms with E-state index in [1.54, 1.807) is 0 Å². The molecule has 0 unspecified atom stereocenters. The van der Waals surface area contributed by atoms with Gasteiger partial charge in [0.25, 0.3) is 0 Å². The summed E-state index contributed by atoms with van der Waals surface area (Å²) < 4.78 is 5.80. The van der Waals surface area contributed by atoms with E-state index in [1.807, 2.05) is 18.3 Å². The van der Waals surface area contributed by atoms with Crippen molar-refractivity contribution in [1.82, 2.24) is 0 Å². The standard InChI is InChI=1S/C27H39NO/c1-3-5-7-9-10-11-13-24-14-18-26(19-15-24)28-23-25-16-20-27(21-17-25)29-22-12-8-6-4-2/h14-21,23H,3-13,22H2,1-2H3/b28-23+. The summed E-state index contributed by atoms with van der Waals surface area (Å²) in [6, 6.07) is 16.9. The molecule has 0 bridgehead atoms. The largest absolute Gasteiger partial charge is 0.494 e. The molecule has 0 atom stereocenters. The average Bonchev–Trinajstić information content (AvgIpc) is 2.76. The van der Waals surface area contributed by atoms with Gasteiger partial charge in [0.05, 0.1) is 12.3 Å². The van der Waals surface area contributed by atoms with Crippen LogP contribution in [0.25, 0.3) is 0 Å². The minimum absolute atomic E-state index is 0.804. The summed E-state index contributed by atoms with van der Waals surface area (Å²) in [5, 5.41) is 0. The van der Waals surface area contributed by atoms with E-state index >= 15 is 0 Å². The van der Waals surface area contributed by atoms with Gasteiger partial charge in [-0.25, -0.2) is 0 Å². The van der Waals surface area contributed by atoms with E-state index < -0.39 is 0 Å². The molecule has 0 aliphatic heterocycles. The second kappa shape index (κ2) is 14.8. The Morgan fingerprint density at radius 1 is 0.690 bits per heavy atom. The molecule has 0 radical (unpaired) electrons. The Morgan fingerprint density at radius 2 is 1.31 bits per heavy atom. The molecule has 0 saturated carbocycles. The topological polar surface area (TPSA) is 21.6 Å². The van der Waals surface area contributed by atoms with Crippen molar-refractivity contribution < 1.29 is 4.74 Å². The van der Waals surface area contributed by atoms with E-state index in [9.17, 15) is 0 Å². The summed E-state index contributed by atoms with van der Waals surface area (Å²) in [6.45, 7) is 5.30. The summed E-state index contributed by atoms with van der Waals surface area (Å²) in [5.74, 6) is 0.942. The molecule has 2 aromatic rings. The molecule has 0 fully saturated rings. The van der Waals surface area contributed by atoms with Crippen LogP contribution in [0.15, 0.2) is 53.5 Å². The molecule has 0 aromatic heterocycles. The van der Waals surface area contributed by atoms with Gasteiger partial charge in [-0.2, -0.15) is 0 Å². The average molecular weight is 394 g/mol. The highest BCUT2D eigenvalue weighted by Crippen LogP contribution is 2.17. The van der Waals surface area contributed by atoms with Crippen LogP contribution in [-0.2, 0) is 6.42 Å². The second-order valence-electron chi connectivity index (χ2n) is 7.92. The number of benzene rings is 2. The number of ether oxygens (including phenoxy) is 1. The number of aryl methyl sites for hydroxylation is 1. The number of hydrogen-bond acceptors (Lipinski definition) is 2. The lowest BCUT2D eigenvalue weighted by Gasteiger charge is -2.06. The third-order valence-electron chi connectivity index (χ3n) is 5.26. The van der Waals surface area contributed by atoms with Gasteiger partial charge < -0.3 is 4.74 Å². The molecule has 0 spiro atoms. The van der Waals surface area contributed by atoms with Crippen LogP contribution in [-0.4, -0.2) is 12.8 Å². The Labute approximate surface area is 178 Å². The fraction of sp³-hybridized carbons (Fsp3) is 0.519. The van der Waals surface area contributed by atoms with E-state index in [1.165, 1.54) is 69.8 Å². The monoisotopic (exact) mass is 393 g/mol. The maximum absolute atomic E-state index is 5.80. The molecule has 0 amide bonds. The van der Waals surface area contributed by atoms with Crippen molar-refractivity contribution in [3.63, 3.8) is 0 Å². The lowest BCUT2D eigenvalue weighted by molar-refractivity contribution is 0.305. The van der Waals surface area contributed by atoms with E-state index in [4.69, 9.17) is 4.74 Å². The third kappa shape index (κ3) is 10.3. The first-order valence-electron chi connectivity index (χ1n) is 11.7. The van der Waals surface area contributed by atoms with E-state index in [0.717, 1.165) is 30.0 Å². The van der Waals surface area contributed by atoms with Gasteiger partial charge in [0, 0.05) is 6.21 Å². The van der Waals surface area contributed by atoms with E-state index in [-0.39, 0.29) is 0 Å². The van der Waals surface area contributed by atoms with Crippen molar-refractivity contribution in [1.29, 1.82) is 0 Å². The fourth-order valence-corrected chi connectivity index (χ4v) is 3.38. The maximum atomic E-state index is 5.80. The first kappa shape index (κ1) is 23.2. The lowest BCUT2D eigenvalue weighted by Crippen LogP contribution is -1.97. The molecule has 0 N–H and O–H groups in total. The van der Waals surface area contributed by atoms with Crippen LogP contribution in [0.2, 0.25) is 0 Å². The highest BCUT2D eigenvalue weighted by atomic mass is 16.5. The minimum atomic E-state index is 0.804. The van der Waals surface area contributed by atoms with Crippen LogP contribution < -0.4 is 4.74 Å². The summed E-state index contributed by atoms with van der Waals surface area (Å²) >= 11 is 0. The molecular weight excluding hydrogens is 354 g/mol. The van der Waals surface area contributed by atoms with Gasteiger partial charge in [0.2, 0.25) is 0 Å². The molecule has 158 valence electrons. The second-order valence-corrected chi connectivity index (χ2v) is 7.92. The Kier molecular flexibility index (Phi) is 11.9. The zero-order valence-corrected chi connectivity index (χ0v) is 18.5. The molecule has 2 rings (SSSR count). The minimum Gasteiger partial charge on any atom is -0.494 e. The third-order valence-corrected chi connectivity index (χ3v) is 5.26. The Hall–Kier alpha value is -2.09. The SMILES string of the molecule is CCCCCCCCc1ccc(/N=C/c2ccc(OCCCCCC)cc2)cc1. The van der Waals surface area contributed by atoms with Crippen molar-refractivity contribution in [3.8, 4) is 5.75 Å². The highest BCUT2D eigenvalue weighted by Gasteiger charge is 1.97. The fourth-order valence-electron chi connectivity index (χ4n) is 3.38. The normalized spacial score (nSPS) is 11.2. The smallest absolute Gasteiger partial charge is 0.119 e. The van der Waals surface area contributed by atoms with Gasteiger partial charge in [-0.1, -0.05) is 77.3 Å². The van der Waals surface area contributed by atoms with Crippen molar-refractivity contribution in [2.24, 2.45) is 4.99 Å². The van der Waals surface area contributed by atoms with Crippen LogP contribution in [0.4, 0.5) is 5.69 Å². The molecule has 0 heterocycles. The maximum Gasteiger partial charge on any atom is 0.119 e. The van der Waals surface area contributed by atoms with Crippen LogP contribution in [0.1, 0.15) is 89.2 Å². The zero-order valence-electron chi connectivity index (χ0n) is 18.5. The molecular formula is C27H39NO. The van der Waals surface area contributed by atoms with E-state index in [0.29, 0.717) is 0 Å². The summed E-state index contributed by atoms with van der Waals surface area (Å²) in [6.07, 6.45) is 16.1. The van der Waals surface area contributed by atoms with Gasteiger partial charge in [0.15, 0.2) is 0 Å². The van der Waals surface area contributed by atoms with Crippen LogP contribution in [0.3, 0.4) is 0 Å². The highest BCUT2D eigenvalue weighted by molar-refractivity contribution is 5.82. The van der Waals surface area contributed by atoms with Gasteiger partial charge in [-0.15, -0.1) is 0 Å². The first-order valence-corrected chi connectivity index (χ1v) is 11.7. The number of unbranched alkanes of at least 4 members (excludes halogenated alkanes) is 8.